The number of carbonyl (C=O) groups excluding carboxylic acids is 2. The van der Waals surface area contributed by atoms with E-state index in [1.807, 2.05) is 0 Å². The number of imide groups is 1. The molecular weight excluding hydrogens is 286 g/mol. The number of methoxy groups -OCH3 is 2. The van der Waals surface area contributed by atoms with Gasteiger partial charge in [-0.3, -0.25) is 9.59 Å². The van der Waals surface area contributed by atoms with Gasteiger partial charge < -0.3 is 14.0 Å². The van der Waals surface area contributed by atoms with E-state index >= 15 is 0 Å². The molecule has 0 bridgehead atoms. The zero-order chi connectivity index (χ0) is 15.7. The minimum Gasteiger partial charge on any atom is -0.497 e. The Morgan fingerprint density at radius 3 is 2.68 bits per heavy atom. The maximum absolute atomic E-state index is 12.6. The number of rotatable bonds is 4. The van der Waals surface area contributed by atoms with Crippen molar-refractivity contribution in [1.82, 2.24) is 9.55 Å². The fraction of sp³-hybridized carbons (Fsp3) is 0.267. The van der Waals surface area contributed by atoms with Crippen LogP contribution in [0.5, 0.6) is 11.5 Å². The average molecular weight is 301 g/mol. The minimum absolute atomic E-state index is 0.0928. The molecule has 1 aromatic heterocycles. The molecule has 1 aromatic carbocycles. The van der Waals surface area contributed by atoms with Gasteiger partial charge in [0.05, 0.1) is 32.7 Å². The third-order valence-electron chi connectivity index (χ3n) is 3.63. The van der Waals surface area contributed by atoms with Crippen LogP contribution >= 0.6 is 0 Å². The van der Waals surface area contributed by atoms with Gasteiger partial charge in [-0.15, -0.1) is 0 Å². The van der Waals surface area contributed by atoms with Gasteiger partial charge >= 0.3 is 0 Å². The standard InChI is InChI=1S/C15H15N3O4/c1-21-10-3-4-13(22-2)11(7-10)18-14(19)8-12(15(18)20)17-6-5-16-9-17/h3-7,9,12H,8H2,1-2H3. The molecule has 114 valence electrons. The molecule has 1 aliphatic rings. The van der Waals surface area contributed by atoms with Crippen LogP contribution < -0.4 is 14.4 Å². The van der Waals surface area contributed by atoms with Gasteiger partial charge in [0.25, 0.3) is 5.91 Å². The molecule has 0 aliphatic carbocycles. The van der Waals surface area contributed by atoms with Gasteiger partial charge in [0.15, 0.2) is 0 Å². The Bertz CT molecular complexity index is 712. The van der Waals surface area contributed by atoms with Crippen molar-refractivity contribution in [2.75, 3.05) is 19.1 Å². The van der Waals surface area contributed by atoms with Crippen molar-refractivity contribution in [1.29, 1.82) is 0 Å². The second-order valence-electron chi connectivity index (χ2n) is 4.83. The third-order valence-corrected chi connectivity index (χ3v) is 3.63. The number of hydrogen-bond acceptors (Lipinski definition) is 5. The van der Waals surface area contributed by atoms with Crippen molar-refractivity contribution in [2.45, 2.75) is 12.5 Å². The van der Waals surface area contributed by atoms with Crippen LogP contribution in [0.4, 0.5) is 5.69 Å². The highest BCUT2D eigenvalue weighted by Crippen LogP contribution is 2.37. The molecule has 1 atom stereocenters. The Morgan fingerprint density at radius 1 is 1.23 bits per heavy atom. The van der Waals surface area contributed by atoms with E-state index in [1.165, 1.54) is 20.5 Å². The Balaban J connectivity index is 2.01. The zero-order valence-electron chi connectivity index (χ0n) is 12.2. The number of benzene rings is 1. The molecule has 2 amide bonds. The summed E-state index contributed by atoms with van der Waals surface area (Å²) in [6, 6.07) is 4.41. The summed E-state index contributed by atoms with van der Waals surface area (Å²) in [5.74, 6) is 0.390. The van der Waals surface area contributed by atoms with Crippen molar-refractivity contribution in [3.05, 3.63) is 36.9 Å². The molecule has 22 heavy (non-hydrogen) atoms. The first kappa shape index (κ1) is 14.1. The third kappa shape index (κ3) is 2.20. The first-order valence-electron chi connectivity index (χ1n) is 6.72. The molecule has 2 heterocycles. The van der Waals surface area contributed by atoms with Gasteiger partial charge in [-0.2, -0.15) is 0 Å². The number of imidazole rings is 1. The molecule has 1 fully saturated rings. The largest absolute Gasteiger partial charge is 0.497 e. The second kappa shape index (κ2) is 5.51. The number of hydrogen-bond donors (Lipinski definition) is 0. The lowest BCUT2D eigenvalue weighted by atomic mass is 10.2. The highest BCUT2D eigenvalue weighted by atomic mass is 16.5. The molecule has 2 aromatic rings. The van der Waals surface area contributed by atoms with Crippen LogP contribution in [-0.2, 0) is 9.59 Å². The fourth-order valence-corrected chi connectivity index (χ4v) is 2.53. The number of amides is 2. The van der Waals surface area contributed by atoms with Gasteiger partial charge in [0.2, 0.25) is 5.91 Å². The highest BCUT2D eigenvalue weighted by Gasteiger charge is 2.41. The van der Waals surface area contributed by atoms with Crippen molar-refractivity contribution < 1.29 is 19.1 Å². The molecule has 3 rings (SSSR count). The summed E-state index contributed by atoms with van der Waals surface area (Å²) in [6.45, 7) is 0. The average Bonchev–Trinajstić information content (AvgIpc) is 3.15. The van der Waals surface area contributed by atoms with Crippen molar-refractivity contribution in [2.24, 2.45) is 0 Å². The van der Waals surface area contributed by atoms with E-state index in [1.54, 1.807) is 35.2 Å². The normalized spacial score (nSPS) is 17.9. The van der Waals surface area contributed by atoms with Crippen LogP contribution in [0.15, 0.2) is 36.9 Å². The van der Waals surface area contributed by atoms with Crippen molar-refractivity contribution >= 4 is 17.5 Å². The van der Waals surface area contributed by atoms with E-state index in [-0.39, 0.29) is 18.2 Å². The van der Waals surface area contributed by atoms with Crippen molar-refractivity contribution in [3.8, 4) is 11.5 Å². The molecular formula is C15H15N3O4. The Kier molecular flexibility index (Phi) is 3.54. The number of nitrogens with zero attached hydrogens (tertiary/aromatic N) is 3. The van der Waals surface area contributed by atoms with Gasteiger partial charge in [0.1, 0.15) is 17.5 Å². The van der Waals surface area contributed by atoms with Crippen molar-refractivity contribution in [3.63, 3.8) is 0 Å². The first-order chi connectivity index (χ1) is 10.7. The molecule has 1 saturated heterocycles. The molecule has 0 radical (unpaired) electrons. The molecule has 1 unspecified atom stereocenters. The van der Waals surface area contributed by atoms with E-state index in [0.29, 0.717) is 17.2 Å². The lowest BCUT2D eigenvalue weighted by molar-refractivity contribution is -0.122. The van der Waals surface area contributed by atoms with E-state index in [4.69, 9.17) is 9.47 Å². The number of anilines is 1. The number of ether oxygens (including phenoxy) is 2. The van der Waals surface area contributed by atoms with Crippen LogP contribution in [-0.4, -0.2) is 35.6 Å². The lowest BCUT2D eigenvalue weighted by Gasteiger charge is -2.19. The van der Waals surface area contributed by atoms with Crippen LogP contribution in [0.2, 0.25) is 0 Å². The maximum Gasteiger partial charge on any atom is 0.257 e. The summed E-state index contributed by atoms with van der Waals surface area (Å²) in [7, 11) is 3.01. The van der Waals surface area contributed by atoms with Crippen LogP contribution in [0.25, 0.3) is 0 Å². The van der Waals surface area contributed by atoms with E-state index in [2.05, 4.69) is 4.98 Å². The van der Waals surface area contributed by atoms with E-state index in [0.717, 1.165) is 4.90 Å². The Hall–Kier alpha value is -2.83. The van der Waals surface area contributed by atoms with E-state index in [9.17, 15) is 9.59 Å². The molecule has 7 heteroatoms. The summed E-state index contributed by atoms with van der Waals surface area (Å²) in [5.41, 5.74) is 0.388. The summed E-state index contributed by atoms with van der Waals surface area (Å²) in [5, 5.41) is 0. The molecule has 7 nitrogen and oxygen atoms in total. The van der Waals surface area contributed by atoms with Crippen LogP contribution in [0.3, 0.4) is 0 Å². The number of aromatic nitrogens is 2. The first-order valence-corrected chi connectivity index (χ1v) is 6.72. The SMILES string of the molecule is COc1ccc(OC)c(N2C(=O)CC(n3ccnc3)C2=O)c1. The highest BCUT2D eigenvalue weighted by molar-refractivity contribution is 6.22. The lowest BCUT2D eigenvalue weighted by Crippen LogP contribution is -2.31. The van der Waals surface area contributed by atoms with Crippen LogP contribution in [0, 0.1) is 0 Å². The van der Waals surface area contributed by atoms with E-state index < -0.39 is 6.04 Å². The minimum atomic E-state index is -0.578. The number of carbonyl (C=O) groups is 2. The summed E-state index contributed by atoms with van der Waals surface area (Å²) in [6.07, 6.45) is 4.87. The molecule has 0 saturated carbocycles. The smallest absolute Gasteiger partial charge is 0.257 e. The predicted octanol–water partition coefficient (Wildman–Crippen LogP) is 1.40. The summed E-state index contributed by atoms with van der Waals surface area (Å²) >= 11 is 0. The zero-order valence-corrected chi connectivity index (χ0v) is 12.2. The quantitative estimate of drug-likeness (QED) is 0.798. The maximum atomic E-state index is 12.6. The summed E-state index contributed by atoms with van der Waals surface area (Å²) < 4.78 is 12.1. The second-order valence-corrected chi connectivity index (χ2v) is 4.83. The van der Waals surface area contributed by atoms with Gasteiger partial charge in [-0.05, 0) is 12.1 Å². The molecule has 0 spiro atoms. The van der Waals surface area contributed by atoms with Gasteiger partial charge in [-0.1, -0.05) is 0 Å². The van der Waals surface area contributed by atoms with Gasteiger partial charge in [-0.25, -0.2) is 9.88 Å². The fourth-order valence-electron chi connectivity index (χ4n) is 2.53. The Labute approximate surface area is 127 Å². The Morgan fingerprint density at radius 2 is 2.05 bits per heavy atom. The predicted molar refractivity (Wildman–Crippen MR) is 77.9 cm³/mol. The molecule has 1 aliphatic heterocycles. The molecule has 0 N–H and O–H groups in total. The summed E-state index contributed by atoms with van der Waals surface area (Å²) in [4.78, 5) is 30.0. The topological polar surface area (TPSA) is 73.7 Å². The van der Waals surface area contributed by atoms with Gasteiger partial charge in [0, 0.05) is 18.5 Å². The monoisotopic (exact) mass is 301 g/mol. The van der Waals surface area contributed by atoms with Crippen LogP contribution in [0.1, 0.15) is 12.5 Å².